The smallest absolute Gasteiger partial charge is 0.310 e. The van der Waals surface area contributed by atoms with E-state index in [1.54, 1.807) is 6.92 Å². The monoisotopic (exact) mass is 468 g/mol. The summed E-state index contributed by atoms with van der Waals surface area (Å²) in [5.74, 6) is -0.175. The van der Waals surface area contributed by atoms with Gasteiger partial charge < -0.3 is 15.3 Å². The lowest BCUT2D eigenvalue weighted by Gasteiger charge is -2.28. The third-order valence-corrected chi connectivity index (χ3v) is 7.01. The largest absolute Gasteiger partial charge is 0.481 e. The molecule has 2 aromatic rings. The van der Waals surface area contributed by atoms with Crippen LogP contribution in [0, 0.1) is 5.92 Å². The molecule has 0 saturated carbocycles. The molecule has 3 heterocycles. The molecule has 34 heavy (non-hydrogen) atoms. The number of pyridine rings is 1. The lowest BCUT2D eigenvalue weighted by molar-refractivity contribution is -0.906. The quantitative estimate of drug-likeness (QED) is 0.565. The molecule has 1 aromatic heterocycles. The fourth-order valence-electron chi connectivity index (χ4n) is 4.52. The number of quaternary nitrogens is 1. The zero-order valence-electron chi connectivity index (χ0n) is 21.3. The van der Waals surface area contributed by atoms with Crippen LogP contribution in [-0.4, -0.2) is 48.8 Å². The number of benzene rings is 1. The highest BCUT2D eigenvalue weighted by atomic mass is 16.4. The van der Waals surface area contributed by atoms with Crippen LogP contribution < -0.4 is 10.2 Å². The third-order valence-electron chi connectivity index (χ3n) is 7.01. The van der Waals surface area contributed by atoms with E-state index in [0.29, 0.717) is 0 Å². The Labute approximate surface area is 207 Å². The third kappa shape index (κ3) is 11.8. The van der Waals surface area contributed by atoms with Gasteiger partial charge in [-0.15, -0.1) is 0 Å². The molecule has 2 aliphatic heterocycles. The van der Waals surface area contributed by atoms with Crippen molar-refractivity contribution in [3.05, 3.63) is 66.0 Å². The predicted octanol–water partition coefficient (Wildman–Crippen LogP) is 4.35. The number of aromatic nitrogens is 1. The van der Waals surface area contributed by atoms with Crippen molar-refractivity contribution in [3.63, 3.8) is 0 Å². The average Bonchev–Trinajstić information content (AvgIpc) is 2.91. The molecule has 1 atom stereocenters. The number of hydrogen-bond donors (Lipinski definition) is 3. The minimum atomic E-state index is -0.781. The van der Waals surface area contributed by atoms with Gasteiger partial charge in [0.15, 0.2) is 0 Å². The maximum Gasteiger partial charge on any atom is 0.310 e. The first-order valence-corrected chi connectivity index (χ1v) is 13.3. The Morgan fingerprint density at radius 2 is 1.71 bits per heavy atom. The molecule has 5 nitrogen and oxygen atoms in total. The Morgan fingerprint density at radius 1 is 1.06 bits per heavy atom. The highest BCUT2D eigenvalue weighted by Gasteiger charge is 2.20. The van der Waals surface area contributed by atoms with Crippen molar-refractivity contribution in [2.45, 2.75) is 71.1 Å². The summed E-state index contributed by atoms with van der Waals surface area (Å²) < 4.78 is 0. The first-order chi connectivity index (χ1) is 16.6. The Balaban J connectivity index is 0.000000204. The van der Waals surface area contributed by atoms with Crippen molar-refractivity contribution >= 4 is 5.97 Å². The summed E-state index contributed by atoms with van der Waals surface area (Å²) in [4.78, 5) is 16.4. The van der Waals surface area contributed by atoms with Crippen LogP contribution in [0.4, 0.5) is 0 Å². The number of carboxylic acids is 1. The van der Waals surface area contributed by atoms with Gasteiger partial charge in [-0.1, -0.05) is 50.1 Å². The second-order valence-electron chi connectivity index (χ2n) is 9.59. The molecule has 188 valence electrons. The van der Waals surface area contributed by atoms with E-state index in [2.05, 4.69) is 29.4 Å². The van der Waals surface area contributed by atoms with Crippen LogP contribution in [0.2, 0.25) is 0 Å². The summed E-state index contributed by atoms with van der Waals surface area (Å²) in [7, 11) is 0. The van der Waals surface area contributed by atoms with Gasteiger partial charge in [0.25, 0.3) is 0 Å². The fraction of sp³-hybridized carbons (Fsp3) is 0.586. The van der Waals surface area contributed by atoms with E-state index in [-0.39, 0.29) is 0 Å². The highest BCUT2D eigenvalue weighted by Crippen LogP contribution is 2.14. The zero-order valence-corrected chi connectivity index (χ0v) is 21.3. The zero-order chi connectivity index (χ0) is 24.4. The summed E-state index contributed by atoms with van der Waals surface area (Å²) in [5.41, 5.74) is 2.28. The van der Waals surface area contributed by atoms with E-state index < -0.39 is 11.9 Å². The van der Waals surface area contributed by atoms with Crippen LogP contribution in [0.5, 0.6) is 0 Å². The minimum Gasteiger partial charge on any atom is -0.481 e. The number of piperidine rings is 2. The summed E-state index contributed by atoms with van der Waals surface area (Å²) >= 11 is 0. The van der Waals surface area contributed by atoms with Gasteiger partial charge in [-0.2, -0.15) is 0 Å². The Morgan fingerprint density at radius 3 is 2.21 bits per heavy atom. The molecule has 5 heteroatoms. The van der Waals surface area contributed by atoms with E-state index in [1.165, 1.54) is 89.7 Å². The summed E-state index contributed by atoms with van der Waals surface area (Å²) in [6.07, 6.45) is 14.8. The lowest BCUT2D eigenvalue weighted by atomic mass is 9.94. The molecule has 0 amide bonds. The number of carbonyl (C=O) groups is 1. The average molecular weight is 469 g/mol. The maximum atomic E-state index is 10.5. The topological polar surface area (TPSA) is 66.7 Å². The number of aryl methyl sites for hydroxylation is 1. The van der Waals surface area contributed by atoms with Gasteiger partial charge in [0.2, 0.25) is 0 Å². The predicted molar refractivity (Wildman–Crippen MR) is 140 cm³/mol. The Bertz CT molecular complexity index is 746. The number of rotatable bonds is 7. The highest BCUT2D eigenvalue weighted by molar-refractivity contribution is 5.75. The van der Waals surface area contributed by atoms with E-state index in [9.17, 15) is 4.79 Å². The van der Waals surface area contributed by atoms with E-state index >= 15 is 0 Å². The van der Waals surface area contributed by atoms with Crippen molar-refractivity contribution in [3.8, 4) is 0 Å². The van der Waals surface area contributed by atoms with Crippen molar-refractivity contribution < 1.29 is 14.8 Å². The van der Waals surface area contributed by atoms with Gasteiger partial charge in [-0.3, -0.25) is 9.78 Å². The molecule has 0 aliphatic carbocycles. The van der Waals surface area contributed by atoms with Crippen LogP contribution >= 0.6 is 0 Å². The molecule has 1 aromatic carbocycles. The minimum absolute atomic E-state index is 0.406. The SMILES string of the molecule is C1CCNCC1.CC(C(=O)O)c1ccccc1.CCC1CC[NH+](CCCc2ccncc2)CC1. The van der Waals surface area contributed by atoms with E-state index in [4.69, 9.17) is 5.11 Å². The molecule has 2 saturated heterocycles. The van der Waals surface area contributed by atoms with Crippen molar-refractivity contribution in [1.29, 1.82) is 0 Å². The number of carboxylic acid groups (broad SMARTS) is 1. The molecule has 0 radical (unpaired) electrons. The van der Waals surface area contributed by atoms with Gasteiger partial charge in [0.05, 0.1) is 25.6 Å². The van der Waals surface area contributed by atoms with Crippen molar-refractivity contribution in [2.75, 3.05) is 32.7 Å². The molecule has 1 unspecified atom stereocenters. The number of nitrogens with zero attached hydrogens (tertiary/aromatic N) is 1. The van der Waals surface area contributed by atoms with Gasteiger partial charge >= 0.3 is 5.97 Å². The molecule has 4 rings (SSSR count). The van der Waals surface area contributed by atoms with Crippen LogP contribution in [0.3, 0.4) is 0 Å². The van der Waals surface area contributed by atoms with Gasteiger partial charge in [0.1, 0.15) is 0 Å². The summed E-state index contributed by atoms with van der Waals surface area (Å²) in [6.45, 7) is 10.7. The van der Waals surface area contributed by atoms with Crippen LogP contribution in [0.25, 0.3) is 0 Å². The number of likely N-dealkylation sites (tertiary alicyclic amines) is 1. The van der Waals surface area contributed by atoms with Crippen molar-refractivity contribution in [2.24, 2.45) is 5.92 Å². The first-order valence-electron chi connectivity index (χ1n) is 13.3. The molecule has 0 bridgehead atoms. The van der Waals surface area contributed by atoms with E-state index in [1.807, 2.05) is 47.6 Å². The van der Waals surface area contributed by atoms with Gasteiger partial charge in [-0.25, -0.2) is 0 Å². The van der Waals surface area contributed by atoms with Crippen molar-refractivity contribution in [1.82, 2.24) is 10.3 Å². The molecule has 2 aliphatic rings. The Hall–Kier alpha value is -2.24. The van der Waals surface area contributed by atoms with Gasteiger partial charge in [-0.05, 0) is 81.3 Å². The molecular formula is C29H46N3O2+. The maximum absolute atomic E-state index is 10.5. The Kier molecular flexibility index (Phi) is 14.2. The van der Waals surface area contributed by atoms with Crippen LogP contribution in [0.15, 0.2) is 54.9 Å². The lowest BCUT2D eigenvalue weighted by Crippen LogP contribution is -3.13. The number of aliphatic carboxylic acids is 1. The number of nitrogens with one attached hydrogen (secondary N) is 2. The molecular weight excluding hydrogens is 422 g/mol. The molecule has 2 fully saturated rings. The fourth-order valence-corrected chi connectivity index (χ4v) is 4.52. The first kappa shape index (κ1) is 28.0. The molecule has 0 spiro atoms. The standard InChI is InChI=1S/C15H24N2.C9H10O2.C5H11N/c1-2-14-7-12-17(13-8-14)11-3-4-15-5-9-16-10-6-15;1-7(9(10)11)8-5-3-2-4-6-8;1-2-4-6-5-3-1/h5-6,9-10,14H,2-4,7-8,11-13H2,1H3;2-7H,1H3,(H,10,11);6H,1-5H2/p+1. The van der Waals surface area contributed by atoms with Gasteiger partial charge in [0, 0.05) is 18.8 Å². The molecule has 3 N–H and O–H groups in total. The summed E-state index contributed by atoms with van der Waals surface area (Å²) in [5, 5.41) is 11.9. The van der Waals surface area contributed by atoms with Crippen LogP contribution in [-0.2, 0) is 11.2 Å². The second kappa shape index (κ2) is 17.2. The summed E-state index contributed by atoms with van der Waals surface area (Å²) in [6, 6.07) is 13.5. The van der Waals surface area contributed by atoms with E-state index in [0.717, 1.165) is 11.5 Å². The second-order valence-corrected chi connectivity index (χ2v) is 9.59. The van der Waals surface area contributed by atoms with Crippen LogP contribution in [0.1, 0.15) is 75.8 Å². The number of hydrogen-bond acceptors (Lipinski definition) is 3. The normalized spacial score (nSPS) is 20.6.